The second-order valence-corrected chi connectivity index (χ2v) is 7.91. The fraction of sp³-hybridized carbons (Fsp3) is 0.364. The van der Waals surface area contributed by atoms with E-state index in [4.69, 9.17) is 9.47 Å². The van der Waals surface area contributed by atoms with Gasteiger partial charge in [-0.2, -0.15) is 31.0 Å². The molecule has 2 N–H and O–H groups in total. The highest BCUT2D eigenvalue weighted by Crippen LogP contribution is 2.33. The molecule has 2 aromatic heterocycles. The Morgan fingerprint density at radius 2 is 1.87 bits per heavy atom. The number of nitrogens with one attached hydrogen (secondary N) is 1. The summed E-state index contributed by atoms with van der Waals surface area (Å²) in [5.41, 5.74) is -2.60. The quantitative estimate of drug-likeness (QED) is 0.399. The molecule has 3 rings (SSSR count). The Morgan fingerprint density at radius 3 is 2.44 bits per heavy atom. The van der Waals surface area contributed by atoms with Crippen LogP contribution in [0.25, 0.3) is 5.69 Å². The monoisotopic (exact) mass is 567 g/mol. The molecule has 1 aromatic carbocycles. The van der Waals surface area contributed by atoms with Crippen molar-refractivity contribution < 1.29 is 50.1 Å². The van der Waals surface area contributed by atoms with Gasteiger partial charge >= 0.3 is 18.0 Å². The van der Waals surface area contributed by atoms with Gasteiger partial charge in [-0.25, -0.2) is 14.2 Å². The first kappa shape index (κ1) is 29.4. The first-order valence-electron chi connectivity index (χ1n) is 10.9. The maximum absolute atomic E-state index is 15.2. The third kappa shape index (κ3) is 6.30. The minimum atomic E-state index is -5.24. The summed E-state index contributed by atoms with van der Waals surface area (Å²) in [5.74, 6) is -4.71. The van der Waals surface area contributed by atoms with E-state index in [0.717, 1.165) is 0 Å². The number of aromatic nitrogens is 4. The van der Waals surface area contributed by atoms with Crippen molar-refractivity contribution in [2.24, 2.45) is 0 Å². The molecule has 3 aromatic rings. The lowest BCUT2D eigenvalue weighted by atomic mass is 10.1. The molecular weight excluding hydrogens is 547 g/mol. The molecule has 0 aliphatic carbocycles. The SMILES string of the molecule is CCn1c(C(O)C(F)(F)F)nn(-c2cc(OCC(F)(F)F)c(C(=O)Nc3c(C)ccnc3OC)cc2F)c1=O. The molecule has 0 aliphatic rings. The zero-order chi connectivity index (χ0) is 29.3. The zero-order valence-electron chi connectivity index (χ0n) is 20.3. The van der Waals surface area contributed by atoms with E-state index >= 15 is 4.39 Å². The number of rotatable bonds is 8. The summed E-state index contributed by atoms with van der Waals surface area (Å²) in [6, 6.07) is 2.40. The number of nitrogens with zero attached hydrogens (tertiary/aromatic N) is 4. The van der Waals surface area contributed by atoms with E-state index in [1.807, 2.05) is 0 Å². The highest BCUT2D eigenvalue weighted by atomic mass is 19.4. The van der Waals surface area contributed by atoms with Crippen LogP contribution in [0.15, 0.2) is 29.2 Å². The van der Waals surface area contributed by atoms with E-state index in [1.165, 1.54) is 26.3 Å². The summed E-state index contributed by atoms with van der Waals surface area (Å²) in [4.78, 5) is 29.6. The fourth-order valence-electron chi connectivity index (χ4n) is 3.40. The van der Waals surface area contributed by atoms with Gasteiger partial charge in [0.2, 0.25) is 12.0 Å². The third-order valence-corrected chi connectivity index (χ3v) is 5.23. The molecule has 1 amide bonds. The molecule has 39 heavy (non-hydrogen) atoms. The molecule has 2 heterocycles. The number of ether oxygens (including phenoxy) is 2. The lowest BCUT2D eigenvalue weighted by Crippen LogP contribution is -2.28. The van der Waals surface area contributed by atoms with E-state index in [0.29, 0.717) is 22.3 Å². The lowest BCUT2D eigenvalue weighted by Gasteiger charge is -2.16. The number of anilines is 1. The van der Waals surface area contributed by atoms with Crippen LogP contribution in [0.4, 0.5) is 36.4 Å². The van der Waals surface area contributed by atoms with E-state index in [-0.39, 0.29) is 16.2 Å². The van der Waals surface area contributed by atoms with Crippen LogP contribution in [-0.2, 0) is 6.54 Å². The Morgan fingerprint density at radius 1 is 1.21 bits per heavy atom. The molecule has 10 nitrogen and oxygen atoms in total. The fourth-order valence-corrected chi connectivity index (χ4v) is 3.40. The highest BCUT2D eigenvalue weighted by molar-refractivity contribution is 6.07. The number of carbonyl (C=O) groups is 1. The van der Waals surface area contributed by atoms with Crippen molar-refractivity contribution in [2.45, 2.75) is 38.8 Å². The second kappa shape index (κ2) is 10.9. The van der Waals surface area contributed by atoms with E-state index < -0.39 is 71.8 Å². The molecule has 0 radical (unpaired) electrons. The van der Waals surface area contributed by atoms with Gasteiger partial charge in [0, 0.05) is 18.8 Å². The maximum atomic E-state index is 15.2. The number of pyridine rings is 1. The van der Waals surface area contributed by atoms with Gasteiger partial charge < -0.3 is 19.9 Å². The second-order valence-electron chi connectivity index (χ2n) is 7.91. The number of aryl methyl sites for hydroxylation is 1. The van der Waals surface area contributed by atoms with Crippen LogP contribution in [-0.4, -0.2) is 56.4 Å². The molecule has 0 spiro atoms. The van der Waals surface area contributed by atoms with Gasteiger partial charge in [-0.15, -0.1) is 5.10 Å². The Labute approximate surface area is 214 Å². The topological polar surface area (TPSA) is 120 Å². The highest BCUT2D eigenvalue weighted by Gasteiger charge is 2.43. The molecule has 0 aliphatic heterocycles. The van der Waals surface area contributed by atoms with Crippen molar-refractivity contribution >= 4 is 11.6 Å². The molecule has 17 heteroatoms. The van der Waals surface area contributed by atoms with E-state index in [9.17, 15) is 41.0 Å². The average molecular weight is 567 g/mol. The van der Waals surface area contributed by atoms with Gasteiger partial charge in [-0.1, -0.05) is 0 Å². The van der Waals surface area contributed by atoms with Crippen LogP contribution in [0.2, 0.25) is 0 Å². The van der Waals surface area contributed by atoms with Gasteiger partial charge in [0.05, 0.1) is 12.7 Å². The molecule has 0 saturated heterocycles. The third-order valence-electron chi connectivity index (χ3n) is 5.23. The number of hydrogen-bond acceptors (Lipinski definition) is 7. The molecule has 212 valence electrons. The molecule has 1 unspecified atom stereocenters. The predicted molar refractivity (Wildman–Crippen MR) is 120 cm³/mol. The number of aliphatic hydroxyl groups excluding tert-OH is 1. The van der Waals surface area contributed by atoms with Crippen molar-refractivity contribution in [3.05, 3.63) is 57.6 Å². The van der Waals surface area contributed by atoms with Gasteiger partial charge in [0.15, 0.2) is 12.4 Å². The van der Waals surface area contributed by atoms with Gasteiger partial charge in [0.25, 0.3) is 5.91 Å². The Kier molecular flexibility index (Phi) is 8.23. The number of carbonyl (C=O) groups excluding carboxylic acids is 1. The van der Waals surface area contributed by atoms with Crippen molar-refractivity contribution in [2.75, 3.05) is 19.0 Å². The predicted octanol–water partition coefficient (Wildman–Crippen LogP) is 3.69. The molecule has 0 bridgehead atoms. The lowest BCUT2D eigenvalue weighted by molar-refractivity contribution is -0.210. The van der Waals surface area contributed by atoms with Crippen molar-refractivity contribution in [1.82, 2.24) is 19.3 Å². The van der Waals surface area contributed by atoms with Gasteiger partial charge in [-0.3, -0.25) is 9.36 Å². The van der Waals surface area contributed by atoms with Crippen LogP contribution in [0, 0.1) is 12.7 Å². The van der Waals surface area contributed by atoms with E-state index in [2.05, 4.69) is 15.4 Å². The molecule has 0 fully saturated rings. The largest absolute Gasteiger partial charge is 0.483 e. The number of benzene rings is 1. The summed E-state index contributed by atoms with van der Waals surface area (Å²) >= 11 is 0. The Hall–Kier alpha value is -4.15. The summed E-state index contributed by atoms with van der Waals surface area (Å²) in [6.07, 6.45) is -12.0. The number of methoxy groups -OCH3 is 1. The first-order valence-corrected chi connectivity index (χ1v) is 10.9. The van der Waals surface area contributed by atoms with Gasteiger partial charge in [0.1, 0.15) is 22.9 Å². The summed E-state index contributed by atoms with van der Waals surface area (Å²) in [7, 11) is 1.24. The van der Waals surface area contributed by atoms with Crippen LogP contribution in [0.1, 0.15) is 34.8 Å². The standard InChI is InChI=1S/C22H20F7N5O5/c1-4-33-17(16(35)22(27,28)29)32-34(20(33)37)13-8-14(39-9-21(24,25)26)11(7-12(13)23)18(36)31-15-10(2)5-6-30-19(15)38-3/h5-8,16,35H,4,9H2,1-3H3,(H,31,36). The Bertz CT molecular complexity index is 1430. The zero-order valence-corrected chi connectivity index (χ0v) is 20.3. The smallest absolute Gasteiger partial charge is 0.422 e. The van der Waals surface area contributed by atoms with Crippen LogP contribution in [0.3, 0.4) is 0 Å². The van der Waals surface area contributed by atoms with Crippen molar-refractivity contribution in [3.8, 4) is 17.3 Å². The normalized spacial score (nSPS) is 12.8. The molecule has 0 saturated carbocycles. The maximum Gasteiger partial charge on any atom is 0.422 e. The number of aliphatic hydroxyl groups is 1. The molecular formula is C22H20F7N5O5. The van der Waals surface area contributed by atoms with Crippen LogP contribution >= 0.6 is 0 Å². The summed E-state index contributed by atoms with van der Waals surface area (Å²) < 4.78 is 103. The van der Waals surface area contributed by atoms with Crippen LogP contribution < -0.4 is 20.5 Å². The number of amides is 1. The van der Waals surface area contributed by atoms with Gasteiger partial charge in [-0.05, 0) is 31.5 Å². The molecule has 1 atom stereocenters. The van der Waals surface area contributed by atoms with E-state index in [1.54, 1.807) is 6.92 Å². The average Bonchev–Trinajstić information content (AvgIpc) is 3.18. The number of hydrogen-bond donors (Lipinski definition) is 2. The van der Waals surface area contributed by atoms with Crippen LogP contribution in [0.5, 0.6) is 11.6 Å². The number of alkyl halides is 6. The van der Waals surface area contributed by atoms with Crippen molar-refractivity contribution in [1.29, 1.82) is 0 Å². The summed E-state index contributed by atoms with van der Waals surface area (Å²) in [6.45, 7) is 0.432. The summed E-state index contributed by atoms with van der Waals surface area (Å²) in [5, 5.41) is 15.3. The Balaban J connectivity index is 2.16. The minimum Gasteiger partial charge on any atom is -0.483 e. The number of halogens is 7. The first-order chi connectivity index (χ1) is 18.1. The van der Waals surface area contributed by atoms with Crippen molar-refractivity contribution in [3.63, 3.8) is 0 Å². The minimum absolute atomic E-state index is 0.0138.